The van der Waals surface area contributed by atoms with Gasteiger partial charge < -0.3 is 25.0 Å². The minimum Gasteiger partial charge on any atom is -0.497 e. The number of nitrogens with zero attached hydrogens (tertiary/aromatic N) is 1. The number of nitrogens with one attached hydrogen (secondary N) is 2. The number of benzene rings is 2. The third kappa shape index (κ3) is 4.77. The number of ether oxygens (including phenoxy) is 2. The van der Waals surface area contributed by atoms with Gasteiger partial charge in [0, 0.05) is 29.4 Å². The lowest BCUT2D eigenvalue weighted by Crippen LogP contribution is -2.56. The van der Waals surface area contributed by atoms with Crippen LogP contribution in [0.3, 0.4) is 0 Å². The van der Waals surface area contributed by atoms with E-state index in [1.54, 1.807) is 36.3 Å². The van der Waals surface area contributed by atoms with E-state index < -0.39 is 29.6 Å². The van der Waals surface area contributed by atoms with Gasteiger partial charge in [0.25, 0.3) is 0 Å². The molecule has 9 heteroatoms. The fourth-order valence-electron chi connectivity index (χ4n) is 6.86. The predicted octanol–water partition coefficient (Wildman–Crippen LogP) is 4.13. The fraction of sp³-hybridized carbons (Fsp3) is 0.452. The standard InChI is InChI=1S/C31H34ClN3O5/c1-39-23-9-5-8-22(18-23)34-28(36)25-24-14-16-31(40-24)26(25)30(38)35(17-15-19-10-12-20(32)13-11-19)27(31)29(37)33-21-6-3-2-4-7-21/h5,8-14,16,18,21,24-27H,2-4,6-7,15,17H2,1H3,(H,33,37)(H,34,36)/t24-,25-,26-,27-,31-/m0/s1. The third-order valence-corrected chi connectivity index (χ3v) is 9.02. The average Bonchev–Trinajstić information content (AvgIpc) is 3.60. The quantitative estimate of drug-likeness (QED) is 0.471. The summed E-state index contributed by atoms with van der Waals surface area (Å²) in [6.07, 6.45) is 8.84. The molecule has 3 fully saturated rings. The molecule has 1 spiro atoms. The Hall–Kier alpha value is -3.36. The number of hydrogen-bond donors (Lipinski definition) is 2. The molecule has 4 aliphatic rings. The summed E-state index contributed by atoms with van der Waals surface area (Å²) in [6.45, 7) is 0.327. The minimum absolute atomic E-state index is 0.0830. The van der Waals surface area contributed by atoms with E-state index in [9.17, 15) is 14.4 Å². The van der Waals surface area contributed by atoms with Crippen LogP contribution in [0, 0.1) is 11.8 Å². The summed E-state index contributed by atoms with van der Waals surface area (Å²) in [5.41, 5.74) is 0.393. The summed E-state index contributed by atoms with van der Waals surface area (Å²) in [5.74, 6) is -1.68. The smallest absolute Gasteiger partial charge is 0.246 e. The van der Waals surface area contributed by atoms with Crippen molar-refractivity contribution in [1.29, 1.82) is 0 Å². The molecular formula is C31H34ClN3O5. The van der Waals surface area contributed by atoms with Crippen LogP contribution in [-0.2, 0) is 25.5 Å². The molecule has 2 aromatic carbocycles. The first-order valence-corrected chi connectivity index (χ1v) is 14.4. The zero-order chi connectivity index (χ0) is 27.9. The van der Waals surface area contributed by atoms with Crippen LogP contribution in [0.4, 0.5) is 5.69 Å². The van der Waals surface area contributed by atoms with Crippen molar-refractivity contribution in [2.75, 3.05) is 19.0 Å². The number of anilines is 1. The summed E-state index contributed by atoms with van der Waals surface area (Å²) in [4.78, 5) is 43.4. The molecule has 2 N–H and O–H groups in total. The first-order valence-electron chi connectivity index (χ1n) is 14.1. The SMILES string of the molecule is COc1cccc(NC(=O)[C@H]2[C@@H]3C=C[C@]4(O3)[C@@H]2C(=O)N(CCc2ccc(Cl)cc2)[C@H]4C(=O)NC2CCCCC2)c1. The summed E-state index contributed by atoms with van der Waals surface area (Å²) < 4.78 is 11.7. The van der Waals surface area contributed by atoms with E-state index in [2.05, 4.69) is 10.6 Å². The molecule has 6 rings (SSSR count). The number of carbonyl (C=O) groups excluding carboxylic acids is 3. The van der Waals surface area contributed by atoms with Gasteiger partial charge in [-0.05, 0) is 49.1 Å². The summed E-state index contributed by atoms with van der Waals surface area (Å²) in [6, 6.07) is 13.8. The van der Waals surface area contributed by atoms with E-state index in [0.29, 0.717) is 29.4 Å². The van der Waals surface area contributed by atoms with Crippen LogP contribution in [0.1, 0.15) is 37.7 Å². The summed E-state index contributed by atoms with van der Waals surface area (Å²) >= 11 is 6.06. The van der Waals surface area contributed by atoms with E-state index in [1.165, 1.54) is 6.42 Å². The Kier molecular flexibility index (Phi) is 7.31. The van der Waals surface area contributed by atoms with Gasteiger partial charge in [0.2, 0.25) is 17.7 Å². The van der Waals surface area contributed by atoms with Gasteiger partial charge in [-0.1, -0.05) is 61.2 Å². The molecule has 3 amide bonds. The van der Waals surface area contributed by atoms with Crippen molar-refractivity contribution >= 4 is 35.0 Å². The number of fused-ring (bicyclic) bond motifs is 1. The molecule has 0 aromatic heterocycles. The van der Waals surface area contributed by atoms with Gasteiger partial charge in [0.1, 0.15) is 17.4 Å². The second-order valence-corrected chi connectivity index (χ2v) is 11.6. The number of rotatable bonds is 8. The lowest BCUT2D eigenvalue weighted by molar-refractivity contribution is -0.141. The van der Waals surface area contributed by atoms with E-state index >= 15 is 0 Å². The maximum atomic E-state index is 14.1. The van der Waals surface area contributed by atoms with Gasteiger partial charge in [-0.25, -0.2) is 0 Å². The fourth-order valence-corrected chi connectivity index (χ4v) is 6.99. The maximum absolute atomic E-state index is 14.1. The van der Waals surface area contributed by atoms with E-state index in [-0.39, 0.29) is 23.8 Å². The maximum Gasteiger partial charge on any atom is 0.246 e. The molecule has 3 heterocycles. The van der Waals surface area contributed by atoms with Crippen LogP contribution in [-0.4, -0.2) is 60.1 Å². The topological polar surface area (TPSA) is 97.0 Å². The highest BCUT2D eigenvalue weighted by Crippen LogP contribution is 2.55. The van der Waals surface area contributed by atoms with Crippen LogP contribution in [0.15, 0.2) is 60.7 Å². The third-order valence-electron chi connectivity index (χ3n) is 8.77. The van der Waals surface area contributed by atoms with Crippen LogP contribution >= 0.6 is 11.6 Å². The van der Waals surface area contributed by atoms with Crippen molar-refractivity contribution in [2.24, 2.45) is 11.8 Å². The summed E-state index contributed by atoms with van der Waals surface area (Å²) in [5, 5.41) is 6.81. The normalized spacial score (nSPS) is 28.9. The van der Waals surface area contributed by atoms with Crippen molar-refractivity contribution in [1.82, 2.24) is 10.2 Å². The lowest BCUT2D eigenvalue weighted by atomic mass is 9.74. The Bertz CT molecular complexity index is 1320. The molecule has 40 heavy (non-hydrogen) atoms. The second-order valence-electron chi connectivity index (χ2n) is 11.2. The van der Waals surface area contributed by atoms with Gasteiger partial charge in [0.15, 0.2) is 0 Å². The molecule has 0 unspecified atom stereocenters. The van der Waals surface area contributed by atoms with Crippen molar-refractivity contribution < 1.29 is 23.9 Å². The molecule has 1 aliphatic carbocycles. The van der Waals surface area contributed by atoms with Crippen LogP contribution in [0.5, 0.6) is 5.75 Å². The molecule has 210 valence electrons. The Morgan fingerprint density at radius 3 is 2.62 bits per heavy atom. The van der Waals surface area contributed by atoms with Crippen molar-refractivity contribution in [3.8, 4) is 5.75 Å². The number of amides is 3. The highest BCUT2D eigenvalue weighted by atomic mass is 35.5. The highest BCUT2D eigenvalue weighted by molar-refractivity contribution is 6.30. The zero-order valence-electron chi connectivity index (χ0n) is 22.5. The molecule has 1 saturated carbocycles. The molecule has 2 aromatic rings. The van der Waals surface area contributed by atoms with Gasteiger partial charge in [0.05, 0.1) is 25.0 Å². The Morgan fingerprint density at radius 2 is 1.88 bits per heavy atom. The predicted molar refractivity (Wildman–Crippen MR) is 151 cm³/mol. The minimum atomic E-state index is -1.18. The van der Waals surface area contributed by atoms with Gasteiger partial charge in [-0.15, -0.1) is 0 Å². The monoisotopic (exact) mass is 563 g/mol. The molecule has 2 bridgehead atoms. The Balaban J connectivity index is 1.28. The molecule has 5 atom stereocenters. The Labute approximate surface area is 239 Å². The zero-order valence-corrected chi connectivity index (χ0v) is 23.2. The van der Waals surface area contributed by atoms with E-state index in [4.69, 9.17) is 21.1 Å². The van der Waals surface area contributed by atoms with E-state index in [0.717, 1.165) is 31.2 Å². The van der Waals surface area contributed by atoms with Gasteiger partial charge in [-0.2, -0.15) is 0 Å². The first kappa shape index (κ1) is 26.8. The first-order chi connectivity index (χ1) is 19.4. The molecule has 0 radical (unpaired) electrons. The van der Waals surface area contributed by atoms with Crippen LogP contribution < -0.4 is 15.4 Å². The van der Waals surface area contributed by atoms with Crippen molar-refractivity contribution in [3.63, 3.8) is 0 Å². The largest absolute Gasteiger partial charge is 0.497 e. The van der Waals surface area contributed by atoms with Gasteiger partial charge in [-0.3, -0.25) is 14.4 Å². The second kappa shape index (κ2) is 10.9. The van der Waals surface area contributed by atoms with Crippen LogP contribution in [0.25, 0.3) is 0 Å². The van der Waals surface area contributed by atoms with Crippen molar-refractivity contribution in [3.05, 3.63) is 71.3 Å². The Morgan fingerprint density at radius 1 is 1.10 bits per heavy atom. The number of likely N-dealkylation sites (tertiary alicyclic amines) is 1. The van der Waals surface area contributed by atoms with Gasteiger partial charge >= 0.3 is 0 Å². The highest BCUT2D eigenvalue weighted by Gasteiger charge is 2.72. The molecular weight excluding hydrogens is 530 g/mol. The number of methoxy groups -OCH3 is 1. The number of halogens is 1. The molecule has 8 nitrogen and oxygen atoms in total. The van der Waals surface area contributed by atoms with E-state index in [1.807, 2.05) is 36.4 Å². The molecule has 2 saturated heterocycles. The van der Waals surface area contributed by atoms with Crippen LogP contribution in [0.2, 0.25) is 5.02 Å². The summed E-state index contributed by atoms with van der Waals surface area (Å²) in [7, 11) is 1.56. The number of hydrogen-bond acceptors (Lipinski definition) is 5. The van der Waals surface area contributed by atoms with Crippen molar-refractivity contribution in [2.45, 2.75) is 62.3 Å². The molecule has 3 aliphatic heterocycles. The lowest BCUT2D eigenvalue weighted by Gasteiger charge is -2.34. The number of carbonyl (C=O) groups is 3. The average molecular weight is 564 g/mol.